The minimum atomic E-state index is -4.65. The molecule has 0 amide bonds. The number of hydrogen-bond acceptors (Lipinski definition) is 8. The van der Waals surface area contributed by atoms with Crippen molar-refractivity contribution in [3.05, 3.63) is 122 Å². The fourth-order valence-corrected chi connectivity index (χ4v) is 11.4. The van der Waals surface area contributed by atoms with Crippen LogP contribution in [0.15, 0.2) is 122 Å². The molecule has 0 saturated heterocycles. The van der Waals surface area contributed by atoms with Crippen molar-refractivity contribution in [3.8, 4) is 0 Å². The minimum Gasteiger partial charge on any atom is -0.756 e. The molecule has 0 bridgehead atoms. The van der Waals surface area contributed by atoms with E-state index in [9.17, 15) is 19.0 Å². The molecule has 92 heavy (non-hydrogen) atoms. The van der Waals surface area contributed by atoms with E-state index in [2.05, 4.69) is 135 Å². The second-order valence-corrected chi connectivity index (χ2v) is 28.0. The summed E-state index contributed by atoms with van der Waals surface area (Å²) in [6.07, 6.45) is 103. The van der Waals surface area contributed by atoms with E-state index < -0.39 is 26.5 Å². The standard InChI is InChI=1S/C82H144NO8P/c1-6-8-10-12-14-16-18-20-22-24-26-28-30-32-34-36-38-40-41-43-45-47-49-51-53-55-57-59-61-63-65-67-69-71-73-75-82(85)91-80(79-90-92(86,87)89-77-76-83(3,4)5)78-88-81(84)74-72-70-68-66-64-62-60-58-56-54-52-50-48-46-44-42-39-37-35-33-31-29-27-25-23-21-19-17-15-13-11-9-7-2/h8,10,14,16,19-22,25-28,31-34,38,40,43,45,80H,6-7,9,11-13,15,17-18,23-24,29-30,35-37,39,41-42,44,46-79H2,1-5H3/b10-8-,16-14-,21-19-,22-20-,27-25-,28-26-,33-31-,34-32-,40-38-,45-43-. The van der Waals surface area contributed by atoms with Crippen LogP contribution in [0.25, 0.3) is 0 Å². The molecule has 0 aromatic heterocycles. The number of unbranched alkanes of at least 4 members (excludes halogenated alkanes) is 36. The second-order valence-electron chi connectivity index (χ2n) is 26.6. The van der Waals surface area contributed by atoms with Gasteiger partial charge in [-0.3, -0.25) is 14.2 Å². The van der Waals surface area contributed by atoms with E-state index in [-0.39, 0.29) is 32.0 Å². The Bertz CT molecular complexity index is 1970. The number of carbonyl (C=O) groups excluding carboxylic acids is 2. The molecule has 9 nitrogen and oxygen atoms in total. The summed E-state index contributed by atoms with van der Waals surface area (Å²) in [5, 5.41) is 0. The highest BCUT2D eigenvalue weighted by Gasteiger charge is 2.22. The number of nitrogens with zero attached hydrogens (tertiary/aromatic N) is 1. The molecule has 0 aromatic carbocycles. The van der Waals surface area contributed by atoms with Crippen LogP contribution in [0.2, 0.25) is 0 Å². The van der Waals surface area contributed by atoms with Crippen LogP contribution < -0.4 is 4.89 Å². The largest absolute Gasteiger partial charge is 0.756 e. The van der Waals surface area contributed by atoms with Gasteiger partial charge in [0.25, 0.3) is 7.82 Å². The summed E-state index contributed by atoms with van der Waals surface area (Å²) in [4.78, 5) is 38.2. The lowest BCUT2D eigenvalue weighted by Crippen LogP contribution is -2.37. The Morgan fingerprint density at radius 3 is 0.924 bits per heavy atom. The van der Waals surface area contributed by atoms with E-state index in [4.69, 9.17) is 18.5 Å². The van der Waals surface area contributed by atoms with Crippen LogP contribution in [0.3, 0.4) is 0 Å². The molecule has 2 unspecified atom stereocenters. The zero-order valence-corrected chi connectivity index (χ0v) is 61.4. The zero-order chi connectivity index (χ0) is 66.9. The van der Waals surface area contributed by atoms with Crippen molar-refractivity contribution in [1.82, 2.24) is 0 Å². The molecular weight excluding hydrogens is 1160 g/mol. The van der Waals surface area contributed by atoms with Crippen molar-refractivity contribution in [1.29, 1.82) is 0 Å². The SMILES string of the molecule is CC/C=C\C/C=C\C/C=C\C/C=C\C/C=C\C/C=C\C/C=C\CCCCCCCCCCCCCCCC(=O)OC(COC(=O)CCCCCCCCCCCCCCCCCCCC/C=C\C/C=C\C/C=C\CCCCCCC)COP(=O)([O-])OCC[N+](C)(C)C. The van der Waals surface area contributed by atoms with Crippen LogP contribution in [-0.4, -0.2) is 70.0 Å². The fraction of sp³-hybridized carbons (Fsp3) is 0.732. The highest BCUT2D eigenvalue weighted by molar-refractivity contribution is 7.45. The molecule has 0 aliphatic carbocycles. The van der Waals surface area contributed by atoms with Crippen LogP contribution in [-0.2, 0) is 32.7 Å². The van der Waals surface area contributed by atoms with Crippen molar-refractivity contribution < 1.29 is 42.1 Å². The molecule has 0 N–H and O–H groups in total. The number of likely N-dealkylation sites (N-methyl/N-ethyl adjacent to an activating group) is 1. The number of carbonyl (C=O) groups is 2. The molecule has 0 radical (unpaired) electrons. The van der Waals surface area contributed by atoms with Crippen LogP contribution in [0, 0.1) is 0 Å². The maximum Gasteiger partial charge on any atom is 0.306 e. The molecule has 0 aromatic rings. The first-order valence-electron chi connectivity index (χ1n) is 38.2. The quantitative estimate of drug-likeness (QED) is 0.0195. The van der Waals surface area contributed by atoms with Gasteiger partial charge in [0.2, 0.25) is 0 Å². The molecule has 0 rings (SSSR count). The average molecular weight is 1300 g/mol. The average Bonchev–Trinajstić information content (AvgIpc) is 2.14. The van der Waals surface area contributed by atoms with Gasteiger partial charge in [-0.25, -0.2) is 0 Å². The Morgan fingerprint density at radius 1 is 0.348 bits per heavy atom. The number of allylic oxidation sites excluding steroid dienone is 20. The summed E-state index contributed by atoms with van der Waals surface area (Å²) in [6, 6.07) is 0. The van der Waals surface area contributed by atoms with Gasteiger partial charge in [-0.1, -0.05) is 334 Å². The van der Waals surface area contributed by atoms with Gasteiger partial charge in [0.15, 0.2) is 6.10 Å². The van der Waals surface area contributed by atoms with Crippen LogP contribution >= 0.6 is 7.82 Å². The molecule has 0 fully saturated rings. The number of esters is 2. The maximum atomic E-state index is 12.9. The summed E-state index contributed by atoms with van der Waals surface area (Å²) in [5.74, 6) is -0.827. The molecule has 0 saturated carbocycles. The highest BCUT2D eigenvalue weighted by Crippen LogP contribution is 2.38. The monoisotopic (exact) mass is 1300 g/mol. The van der Waals surface area contributed by atoms with Gasteiger partial charge in [-0.2, -0.15) is 0 Å². The molecule has 0 spiro atoms. The van der Waals surface area contributed by atoms with E-state index >= 15 is 0 Å². The molecule has 0 heterocycles. The summed E-state index contributed by atoms with van der Waals surface area (Å²) < 4.78 is 34.4. The predicted octanol–water partition coefficient (Wildman–Crippen LogP) is 24.8. The Balaban J connectivity index is 4.01. The minimum absolute atomic E-state index is 0.0342. The predicted molar refractivity (Wildman–Crippen MR) is 397 cm³/mol. The smallest absolute Gasteiger partial charge is 0.306 e. The van der Waals surface area contributed by atoms with Crippen molar-refractivity contribution in [3.63, 3.8) is 0 Å². The van der Waals surface area contributed by atoms with E-state index in [1.165, 1.54) is 205 Å². The van der Waals surface area contributed by atoms with Gasteiger partial charge in [0.05, 0.1) is 27.7 Å². The topological polar surface area (TPSA) is 111 Å². The van der Waals surface area contributed by atoms with Crippen LogP contribution in [0.4, 0.5) is 0 Å². The Morgan fingerprint density at radius 2 is 0.620 bits per heavy atom. The number of hydrogen-bond donors (Lipinski definition) is 0. The molecule has 10 heteroatoms. The van der Waals surface area contributed by atoms with Crippen molar-refractivity contribution in [2.45, 2.75) is 341 Å². The maximum absolute atomic E-state index is 12.9. The molecule has 0 aliphatic heterocycles. The Hall–Kier alpha value is -3.59. The molecule has 530 valence electrons. The van der Waals surface area contributed by atoms with E-state index in [1.807, 2.05) is 21.1 Å². The lowest BCUT2D eigenvalue weighted by molar-refractivity contribution is -0.870. The van der Waals surface area contributed by atoms with E-state index in [0.29, 0.717) is 17.4 Å². The normalized spacial score (nSPS) is 13.8. The van der Waals surface area contributed by atoms with Gasteiger partial charge in [0.1, 0.15) is 19.8 Å². The van der Waals surface area contributed by atoms with Crippen molar-refractivity contribution in [2.24, 2.45) is 0 Å². The van der Waals surface area contributed by atoms with Crippen molar-refractivity contribution >= 4 is 19.8 Å². The summed E-state index contributed by atoms with van der Waals surface area (Å²) in [5.41, 5.74) is 0. The van der Waals surface area contributed by atoms with E-state index in [0.717, 1.165) is 96.3 Å². The molecular formula is C82H144NO8P. The van der Waals surface area contributed by atoms with Gasteiger partial charge < -0.3 is 27.9 Å². The van der Waals surface area contributed by atoms with Gasteiger partial charge in [-0.05, 0) is 109 Å². The number of rotatable bonds is 70. The third-order valence-electron chi connectivity index (χ3n) is 16.5. The number of phosphoric ester groups is 1. The van der Waals surface area contributed by atoms with Gasteiger partial charge >= 0.3 is 11.9 Å². The third kappa shape index (κ3) is 75.4. The van der Waals surface area contributed by atoms with Crippen molar-refractivity contribution in [2.75, 3.05) is 47.5 Å². The van der Waals surface area contributed by atoms with Crippen LogP contribution in [0.5, 0.6) is 0 Å². The summed E-state index contributed by atoms with van der Waals surface area (Å²) >= 11 is 0. The summed E-state index contributed by atoms with van der Waals surface area (Å²) in [6.45, 7) is 4.14. The lowest BCUT2D eigenvalue weighted by Gasteiger charge is -2.28. The second kappa shape index (κ2) is 71.7. The highest BCUT2D eigenvalue weighted by atomic mass is 31.2. The fourth-order valence-electron chi connectivity index (χ4n) is 10.6. The molecule has 0 aliphatic rings. The number of quaternary nitrogens is 1. The first kappa shape index (κ1) is 88.4. The van der Waals surface area contributed by atoms with Gasteiger partial charge in [0, 0.05) is 12.8 Å². The first-order chi connectivity index (χ1) is 45.0. The van der Waals surface area contributed by atoms with E-state index in [1.54, 1.807) is 0 Å². The number of ether oxygens (including phenoxy) is 2. The number of phosphoric acid groups is 1. The third-order valence-corrected chi connectivity index (χ3v) is 17.4. The zero-order valence-electron chi connectivity index (χ0n) is 60.5. The van der Waals surface area contributed by atoms with Crippen LogP contribution in [0.1, 0.15) is 335 Å². The lowest BCUT2D eigenvalue weighted by atomic mass is 10.0. The first-order valence-corrected chi connectivity index (χ1v) is 39.7. The Labute approximate surface area is 568 Å². The Kier molecular flexibility index (Phi) is 68.9. The molecule has 2 atom stereocenters. The van der Waals surface area contributed by atoms with Gasteiger partial charge in [-0.15, -0.1) is 0 Å². The summed E-state index contributed by atoms with van der Waals surface area (Å²) in [7, 11) is 1.17.